The standard InChI is InChI=1S/C14H22N6O/c1-6-15-10-7-11(19-13(18-10)14(3,4)5)16-8-12-17-9(2)20-21-12/h7H,6,8H2,1-5H3,(H2,15,16,18,19). The SMILES string of the molecule is CCNc1cc(NCc2nc(C)no2)nc(C(C)(C)C)n1. The fraction of sp³-hybridized carbons (Fsp3) is 0.571. The maximum Gasteiger partial charge on any atom is 0.245 e. The number of rotatable bonds is 5. The molecule has 0 radical (unpaired) electrons. The summed E-state index contributed by atoms with van der Waals surface area (Å²) in [4.78, 5) is 13.3. The number of hydrogen-bond donors (Lipinski definition) is 2. The van der Waals surface area contributed by atoms with Crippen molar-refractivity contribution in [3.63, 3.8) is 0 Å². The highest BCUT2D eigenvalue weighted by Crippen LogP contribution is 2.22. The molecule has 2 rings (SSSR count). The van der Waals surface area contributed by atoms with E-state index in [9.17, 15) is 0 Å². The van der Waals surface area contributed by atoms with E-state index in [0.717, 1.165) is 24.0 Å². The Hall–Kier alpha value is -2.18. The van der Waals surface area contributed by atoms with Crippen molar-refractivity contribution in [2.45, 2.75) is 46.6 Å². The van der Waals surface area contributed by atoms with Crippen molar-refractivity contribution in [3.05, 3.63) is 23.6 Å². The van der Waals surface area contributed by atoms with Gasteiger partial charge >= 0.3 is 0 Å². The average molecular weight is 290 g/mol. The van der Waals surface area contributed by atoms with Crippen molar-refractivity contribution in [1.29, 1.82) is 0 Å². The van der Waals surface area contributed by atoms with Crippen LogP contribution in [0.15, 0.2) is 10.6 Å². The fourth-order valence-electron chi connectivity index (χ4n) is 1.72. The molecule has 7 nitrogen and oxygen atoms in total. The van der Waals surface area contributed by atoms with Gasteiger partial charge in [0.2, 0.25) is 5.89 Å². The lowest BCUT2D eigenvalue weighted by Crippen LogP contribution is -2.18. The van der Waals surface area contributed by atoms with E-state index >= 15 is 0 Å². The Bertz CT molecular complexity index is 602. The van der Waals surface area contributed by atoms with Gasteiger partial charge < -0.3 is 15.2 Å². The van der Waals surface area contributed by atoms with Gasteiger partial charge in [0, 0.05) is 18.0 Å². The number of hydrogen-bond acceptors (Lipinski definition) is 7. The van der Waals surface area contributed by atoms with E-state index in [1.54, 1.807) is 6.92 Å². The normalized spacial score (nSPS) is 11.5. The highest BCUT2D eigenvalue weighted by atomic mass is 16.5. The topological polar surface area (TPSA) is 88.8 Å². The lowest BCUT2D eigenvalue weighted by atomic mass is 9.96. The molecular formula is C14H22N6O. The third-order valence-electron chi connectivity index (χ3n) is 2.75. The summed E-state index contributed by atoms with van der Waals surface area (Å²) in [7, 11) is 0. The van der Waals surface area contributed by atoms with Crippen molar-refractivity contribution in [1.82, 2.24) is 20.1 Å². The zero-order chi connectivity index (χ0) is 15.5. The molecule has 2 heterocycles. The Morgan fingerprint density at radius 1 is 1.10 bits per heavy atom. The molecule has 0 atom stereocenters. The number of nitrogens with one attached hydrogen (secondary N) is 2. The van der Waals surface area contributed by atoms with Gasteiger partial charge in [0.05, 0.1) is 6.54 Å². The molecule has 7 heteroatoms. The molecule has 0 unspecified atom stereocenters. The van der Waals surface area contributed by atoms with E-state index in [-0.39, 0.29) is 5.41 Å². The molecule has 2 N–H and O–H groups in total. The molecule has 0 amide bonds. The zero-order valence-electron chi connectivity index (χ0n) is 13.2. The van der Waals surface area contributed by atoms with Crippen molar-refractivity contribution in [3.8, 4) is 0 Å². The lowest BCUT2D eigenvalue weighted by Gasteiger charge is -2.19. The van der Waals surface area contributed by atoms with Gasteiger partial charge in [-0.15, -0.1) is 0 Å². The van der Waals surface area contributed by atoms with Crippen LogP contribution in [0.25, 0.3) is 0 Å². The quantitative estimate of drug-likeness (QED) is 0.874. The Balaban J connectivity index is 2.19. The summed E-state index contributed by atoms with van der Waals surface area (Å²) in [6, 6.07) is 1.88. The molecule has 21 heavy (non-hydrogen) atoms. The van der Waals surface area contributed by atoms with Crippen LogP contribution in [0.1, 0.15) is 45.2 Å². The van der Waals surface area contributed by atoms with Crippen LogP contribution in [0.5, 0.6) is 0 Å². The first-order valence-corrected chi connectivity index (χ1v) is 7.05. The van der Waals surface area contributed by atoms with Gasteiger partial charge in [-0.25, -0.2) is 9.97 Å². The molecule has 2 aromatic rings. The van der Waals surface area contributed by atoms with Crippen molar-refractivity contribution >= 4 is 11.6 Å². The average Bonchev–Trinajstić information content (AvgIpc) is 2.81. The minimum atomic E-state index is -0.122. The molecule has 0 aliphatic carbocycles. The van der Waals surface area contributed by atoms with Crippen LogP contribution in [-0.2, 0) is 12.0 Å². The summed E-state index contributed by atoms with van der Waals surface area (Å²) in [5.74, 6) is 3.49. The van der Waals surface area contributed by atoms with Gasteiger partial charge in [-0.05, 0) is 13.8 Å². The molecular weight excluding hydrogens is 268 g/mol. The third-order valence-corrected chi connectivity index (χ3v) is 2.75. The van der Waals surface area contributed by atoms with Gasteiger partial charge in [0.1, 0.15) is 17.5 Å². The van der Waals surface area contributed by atoms with E-state index in [4.69, 9.17) is 4.52 Å². The molecule has 0 fully saturated rings. The second-order valence-electron chi connectivity index (χ2n) is 5.83. The molecule has 0 saturated heterocycles. The van der Waals surface area contributed by atoms with Gasteiger partial charge in [-0.1, -0.05) is 25.9 Å². The van der Waals surface area contributed by atoms with Crippen molar-refractivity contribution < 1.29 is 4.52 Å². The van der Waals surface area contributed by atoms with Crippen LogP contribution >= 0.6 is 0 Å². The Kier molecular flexibility index (Phi) is 4.40. The van der Waals surface area contributed by atoms with E-state index in [0.29, 0.717) is 18.3 Å². The highest BCUT2D eigenvalue weighted by Gasteiger charge is 2.19. The predicted molar refractivity (Wildman–Crippen MR) is 81.3 cm³/mol. The third kappa shape index (κ3) is 4.14. The number of aryl methyl sites for hydroxylation is 1. The fourth-order valence-corrected chi connectivity index (χ4v) is 1.72. The maximum absolute atomic E-state index is 5.08. The van der Waals surface area contributed by atoms with E-state index in [1.807, 2.05) is 13.0 Å². The molecule has 0 saturated carbocycles. The molecule has 114 valence electrons. The maximum atomic E-state index is 5.08. The number of anilines is 2. The first kappa shape index (κ1) is 15.2. The molecule has 0 aliphatic heterocycles. The predicted octanol–water partition coefficient (Wildman–Crippen LogP) is 2.51. The van der Waals surface area contributed by atoms with Crippen LogP contribution in [0, 0.1) is 6.92 Å². The van der Waals surface area contributed by atoms with Crippen LogP contribution in [0.3, 0.4) is 0 Å². The van der Waals surface area contributed by atoms with E-state index in [1.165, 1.54) is 0 Å². The molecule has 2 aromatic heterocycles. The van der Waals surface area contributed by atoms with Gasteiger partial charge in [-0.2, -0.15) is 4.98 Å². The highest BCUT2D eigenvalue weighted by molar-refractivity contribution is 5.48. The van der Waals surface area contributed by atoms with Crippen LogP contribution < -0.4 is 10.6 Å². The summed E-state index contributed by atoms with van der Waals surface area (Å²) in [6.07, 6.45) is 0. The van der Waals surface area contributed by atoms with Crippen LogP contribution in [0.4, 0.5) is 11.6 Å². The Morgan fingerprint density at radius 3 is 2.29 bits per heavy atom. The summed E-state index contributed by atoms with van der Waals surface area (Å²) in [5, 5.41) is 10.2. The molecule has 0 bridgehead atoms. The minimum Gasteiger partial charge on any atom is -0.370 e. The monoisotopic (exact) mass is 290 g/mol. The zero-order valence-corrected chi connectivity index (χ0v) is 13.2. The summed E-state index contributed by atoms with van der Waals surface area (Å²) in [6.45, 7) is 11.3. The van der Waals surface area contributed by atoms with Gasteiger partial charge in [0.25, 0.3) is 0 Å². The first-order chi connectivity index (χ1) is 9.88. The van der Waals surface area contributed by atoms with Crippen LogP contribution in [0.2, 0.25) is 0 Å². The second kappa shape index (κ2) is 6.07. The first-order valence-electron chi connectivity index (χ1n) is 7.05. The van der Waals surface area contributed by atoms with Gasteiger partial charge in [0.15, 0.2) is 5.82 Å². The van der Waals surface area contributed by atoms with Crippen LogP contribution in [-0.4, -0.2) is 26.7 Å². The lowest BCUT2D eigenvalue weighted by molar-refractivity contribution is 0.379. The molecule has 0 aromatic carbocycles. The van der Waals surface area contributed by atoms with Crippen molar-refractivity contribution in [2.75, 3.05) is 17.2 Å². The Labute approximate surface area is 124 Å². The second-order valence-corrected chi connectivity index (χ2v) is 5.83. The molecule has 0 spiro atoms. The summed E-state index contributed by atoms with van der Waals surface area (Å²) >= 11 is 0. The van der Waals surface area contributed by atoms with Crippen molar-refractivity contribution in [2.24, 2.45) is 0 Å². The number of aromatic nitrogens is 4. The smallest absolute Gasteiger partial charge is 0.245 e. The van der Waals surface area contributed by atoms with Gasteiger partial charge in [-0.3, -0.25) is 0 Å². The summed E-state index contributed by atoms with van der Waals surface area (Å²) < 4.78 is 5.08. The Morgan fingerprint density at radius 2 is 1.76 bits per heavy atom. The number of nitrogens with zero attached hydrogens (tertiary/aromatic N) is 4. The molecule has 0 aliphatic rings. The minimum absolute atomic E-state index is 0.122. The van der Waals surface area contributed by atoms with E-state index in [2.05, 4.69) is 51.5 Å². The summed E-state index contributed by atoms with van der Waals surface area (Å²) in [5.41, 5.74) is -0.122. The van der Waals surface area contributed by atoms with E-state index < -0.39 is 0 Å². The largest absolute Gasteiger partial charge is 0.370 e.